The Morgan fingerprint density at radius 1 is 1.38 bits per heavy atom. The van der Waals surface area contributed by atoms with Crippen LogP contribution in [0.25, 0.3) is 0 Å². The normalized spacial score (nSPS) is 13.2. The van der Waals surface area contributed by atoms with Gasteiger partial charge in [-0.25, -0.2) is 4.79 Å². The standard InChI is InChI=1S/C13H26NO2/c1-6-8-9-10-11-14(4,5)12(3)16-13(15)7-2/h7,12H,2,6,8-11H2,1,3-5H3/q+1. The maximum atomic E-state index is 11.1. The molecule has 0 heterocycles. The summed E-state index contributed by atoms with van der Waals surface area (Å²) in [5.74, 6) is -0.341. The van der Waals surface area contributed by atoms with Gasteiger partial charge in [-0.15, -0.1) is 0 Å². The van der Waals surface area contributed by atoms with E-state index in [1.165, 1.54) is 31.8 Å². The minimum atomic E-state index is -0.341. The molecule has 0 N–H and O–H groups in total. The van der Waals surface area contributed by atoms with Gasteiger partial charge in [-0.05, 0) is 12.8 Å². The fraction of sp³-hybridized carbons (Fsp3) is 0.769. The first-order chi connectivity index (χ1) is 7.44. The number of esters is 1. The predicted molar refractivity (Wildman–Crippen MR) is 66.9 cm³/mol. The van der Waals surface area contributed by atoms with Crippen LogP contribution in [0.15, 0.2) is 12.7 Å². The number of rotatable bonds is 8. The van der Waals surface area contributed by atoms with Gasteiger partial charge in [-0.2, -0.15) is 0 Å². The number of ether oxygens (including phenoxy) is 1. The van der Waals surface area contributed by atoms with Crippen LogP contribution in [-0.2, 0) is 9.53 Å². The summed E-state index contributed by atoms with van der Waals surface area (Å²) < 4.78 is 5.95. The van der Waals surface area contributed by atoms with Gasteiger partial charge in [-0.1, -0.05) is 26.3 Å². The number of nitrogens with zero attached hydrogens (tertiary/aromatic N) is 1. The molecule has 0 fully saturated rings. The molecule has 0 amide bonds. The van der Waals surface area contributed by atoms with Crippen molar-refractivity contribution in [1.82, 2.24) is 0 Å². The maximum Gasteiger partial charge on any atom is 0.334 e. The molecule has 0 rings (SSSR count). The Morgan fingerprint density at radius 2 is 2.00 bits per heavy atom. The van der Waals surface area contributed by atoms with Gasteiger partial charge in [0.25, 0.3) is 0 Å². The predicted octanol–water partition coefficient (Wildman–Crippen LogP) is 2.72. The molecule has 0 aromatic rings. The number of carbonyl (C=O) groups excluding carboxylic acids is 1. The van der Waals surface area contributed by atoms with Gasteiger partial charge in [0.05, 0.1) is 20.6 Å². The van der Waals surface area contributed by atoms with Gasteiger partial charge >= 0.3 is 5.97 Å². The van der Waals surface area contributed by atoms with E-state index in [9.17, 15) is 4.79 Å². The second-order valence-electron chi connectivity index (χ2n) is 4.80. The summed E-state index contributed by atoms with van der Waals surface area (Å²) in [6, 6.07) is 0. The molecule has 0 aromatic heterocycles. The highest BCUT2D eigenvalue weighted by atomic mass is 16.6. The van der Waals surface area contributed by atoms with Crippen molar-refractivity contribution < 1.29 is 14.0 Å². The van der Waals surface area contributed by atoms with E-state index in [1.807, 2.05) is 6.92 Å². The first kappa shape index (κ1) is 15.2. The lowest BCUT2D eigenvalue weighted by atomic mass is 10.2. The molecular formula is C13H26NO2+. The summed E-state index contributed by atoms with van der Waals surface area (Å²) in [5, 5.41) is 0. The van der Waals surface area contributed by atoms with Gasteiger partial charge in [0.15, 0.2) is 0 Å². The first-order valence-corrected chi connectivity index (χ1v) is 6.09. The van der Waals surface area contributed by atoms with E-state index in [0.29, 0.717) is 4.48 Å². The van der Waals surface area contributed by atoms with Gasteiger partial charge in [-0.3, -0.25) is 4.48 Å². The van der Waals surface area contributed by atoms with Crippen LogP contribution in [0.1, 0.15) is 39.5 Å². The highest BCUT2D eigenvalue weighted by Gasteiger charge is 2.25. The number of quaternary nitrogens is 1. The topological polar surface area (TPSA) is 26.3 Å². The van der Waals surface area contributed by atoms with E-state index in [4.69, 9.17) is 4.74 Å². The molecule has 0 aromatic carbocycles. The van der Waals surface area contributed by atoms with Crippen molar-refractivity contribution >= 4 is 5.97 Å². The SMILES string of the molecule is C=CC(=O)OC(C)[N+](C)(C)CCCCCC. The molecular weight excluding hydrogens is 202 g/mol. The molecule has 3 heteroatoms. The fourth-order valence-electron chi connectivity index (χ4n) is 1.49. The Bertz CT molecular complexity index is 224. The highest BCUT2D eigenvalue weighted by molar-refractivity contribution is 5.81. The van der Waals surface area contributed by atoms with E-state index >= 15 is 0 Å². The lowest BCUT2D eigenvalue weighted by molar-refractivity contribution is -0.932. The maximum absolute atomic E-state index is 11.1. The van der Waals surface area contributed by atoms with Crippen molar-refractivity contribution in [2.75, 3.05) is 20.6 Å². The molecule has 3 nitrogen and oxygen atoms in total. The minimum Gasteiger partial charge on any atom is -0.410 e. The van der Waals surface area contributed by atoms with Gasteiger partial charge < -0.3 is 4.74 Å². The van der Waals surface area contributed by atoms with Gasteiger partial charge in [0.1, 0.15) is 0 Å². The molecule has 0 bridgehead atoms. The van der Waals surface area contributed by atoms with Crippen LogP contribution in [0.2, 0.25) is 0 Å². The van der Waals surface area contributed by atoms with Crippen molar-refractivity contribution in [2.45, 2.75) is 45.8 Å². The summed E-state index contributed by atoms with van der Waals surface area (Å²) in [6.45, 7) is 8.57. The molecule has 0 saturated carbocycles. The smallest absolute Gasteiger partial charge is 0.334 e. The Hall–Kier alpha value is -0.830. The lowest BCUT2D eigenvalue weighted by Crippen LogP contribution is -2.49. The van der Waals surface area contributed by atoms with E-state index < -0.39 is 0 Å². The molecule has 16 heavy (non-hydrogen) atoms. The van der Waals surface area contributed by atoms with Crippen molar-refractivity contribution in [2.24, 2.45) is 0 Å². The molecule has 0 aliphatic carbocycles. The van der Waals surface area contributed by atoms with Crippen LogP contribution < -0.4 is 0 Å². The third kappa shape index (κ3) is 5.91. The van der Waals surface area contributed by atoms with Crippen molar-refractivity contribution in [3.63, 3.8) is 0 Å². The zero-order chi connectivity index (χ0) is 12.6. The molecule has 0 radical (unpaired) electrons. The molecule has 0 saturated heterocycles. The zero-order valence-corrected chi connectivity index (χ0v) is 11.2. The van der Waals surface area contributed by atoms with Crippen molar-refractivity contribution in [3.05, 3.63) is 12.7 Å². The van der Waals surface area contributed by atoms with E-state index in [0.717, 1.165) is 6.54 Å². The lowest BCUT2D eigenvalue weighted by Gasteiger charge is -2.34. The third-order valence-electron chi connectivity index (χ3n) is 3.03. The summed E-state index contributed by atoms with van der Waals surface area (Å²) in [6.07, 6.45) is 6.05. The van der Waals surface area contributed by atoms with Crippen LogP contribution in [0.3, 0.4) is 0 Å². The molecule has 1 unspecified atom stereocenters. The Kier molecular flexibility index (Phi) is 7.06. The number of hydrogen-bond acceptors (Lipinski definition) is 2. The van der Waals surface area contributed by atoms with Crippen LogP contribution >= 0.6 is 0 Å². The summed E-state index contributed by atoms with van der Waals surface area (Å²) >= 11 is 0. The molecule has 1 atom stereocenters. The van der Waals surface area contributed by atoms with Crippen LogP contribution in [0.4, 0.5) is 0 Å². The van der Waals surface area contributed by atoms with E-state index in [2.05, 4.69) is 27.6 Å². The Labute approximate surface area is 99.7 Å². The van der Waals surface area contributed by atoms with E-state index in [1.54, 1.807) is 0 Å². The van der Waals surface area contributed by atoms with Gasteiger partial charge in [0, 0.05) is 13.0 Å². The average Bonchev–Trinajstić information content (AvgIpc) is 2.24. The second-order valence-corrected chi connectivity index (χ2v) is 4.80. The second kappa shape index (κ2) is 7.44. The van der Waals surface area contributed by atoms with Crippen LogP contribution in [0.5, 0.6) is 0 Å². The van der Waals surface area contributed by atoms with E-state index in [-0.39, 0.29) is 12.2 Å². The fourth-order valence-corrected chi connectivity index (χ4v) is 1.49. The van der Waals surface area contributed by atoms with Crippen molar-refractivity contribution in [1.29, 1.82) is 0 Å². The van der Waals surface area contributed by atoms with Crippen LogP contribution in [-0.4, -0.2) is 37.3 Å². The van der Waals surface area contributed by atoms with Gasteiger partial charge in [0.2, 0.25) is 6.23 Å². The summed E-state index contributed by atoms with van der Waals surface area (Å²) in [4.78, 5) is 11.1. The molecule has 94 valence electrons. The Morgan fingerprint density at radius 3 is 2.50 bits per heavy atom. The van der Waals surface area contributed by atoms with Crippen molar-refractivity contribution in [3.8, 4) is 0 Å². The van der Waals surface area contributed by atoms with Crippen LogP contribution in [0, 0.1) is 0 Å². The number of carbonyl (C=O) groups is 1. The average molecular weight is 228 g/mol. The molecule has 0 aliphatic rings. The zero-order valence-electron chi connectivity index (χ0n) is 11.2. The summed E-state index contributed by atoms with van der Waals surface area (Å²) in [5.41, 5.74) is 0. The number of hydrogen-bond donors (Lipinski definition) is 0. The highest BCUT2D eigenvalue weighted by Crippen LogP contribution is 2.11. The monoisotopic (exact) mass is 228 g/mol. The largest absolute Gasteiger partial charge is 0.410 e. The third-order valence-corrected chi connectivity index (χ3v) is 3.03. The molecule has 0 aliphatic heterocycles. The molecule has 0 spiro atoms. The quantitative estimate of drug-likeness (QED) is 0.210. The first-order valence-electron chi connectivity index (χ1n) is 6.09. The minimum absolute atomic E-state index is 0.118. The Balaban J connectivity index is 3.99. The number of unbranched alkanes of at least 4 members (excludes halogenated alkanes) is 3. The summed E-state index contributed by atoms with van der Waals surface area (Å²) in [7, 11) is 4.18.